The fraction of sp³-hybridized carbons (Fsp3) is 0.583. The van der Waals surface area contributed by atoms with Crippen molar-refractivity contribution < 1.29 is 5.11 Å². The van der Waals surface area contributed by atoms with Gasteiger partial charge in [-0.3, -0.25) is 0 Å². The van der Waals surface area contributed by atoms with Crippen LogP contribution in [0, 0.1) is 0 Å². The summed E-state index contributed by atoms with van der Waals surface area (Å²) in [6.45, 7) is 5.31. The quantitative estimate of drug-likeness (QED) is 0.784. The fourth-order valence-electron chi connectivity index (χ4n) is 2.03. The Hall–Kier alpha value is -1.13. The number of anilines is 1. The van der Waals surface area contributed by atoms with Gasteiger partial charge in [0.1, 0.15) is 5.82 Å². The van der Waals surface area contributed by atoms with E-state index in [1.54, 1.807) is 6.20 Å². The zero-order chi connectivity index (χ0) is 11.8. The van der Waals surface area contributed by atoms with Gasteiger partial charge >= 0.3 is 0 Å². The van der Waals surface area contributed by atoms with E-state index in [1.807, 2.05) is 26.0 Å². The Balaban J connectivity index is 2.19. The summed E-state index contributed by atoms with van der Waals surface area (Å²) in [6, 6.07) is 3.96. The average Bonchev–Trinajstić information content (AvgIpc) is 2.59. The van der Waals surface area contributed by atoms with Crippen molar-refractivity contribution in [1.82, 2.24) is 4.98 Å². The normalized spacial score (nSPS) is 27.1. The van der Waals surface area contributed by atoms with E-state index in [-0.39, 0.29) is 6.04 Å². The van der Waals surface area contributed by atoms with Crippen LogP contribution in [0.4, 0.5) is 5.82 Å². The Morgan fingerprint density at radius 1 is 1.62 bits per heavy atom. The minimum Gasteiger partial charge on any atom is -0.388 e. The number of aliphatic hydroxyl groups is 1. The molecule has 0 aromatic carbocycles. The maximum atomic E-state index is 9.91. The number of rotatable bonds is 2. The third-order valence-electron chi connectivity index (χ3n) is 3.07. The first-order valence-electron chi connectivity index (χ1n) is 5.67. The number of hydrogen-bond donors (Lipinski definition) is 2. The molecule has 4 nitrogen and oxygen atoms in total. The summed E-state index contributed by atoms with van der Waals surface area (Å²) < 4.78 is 0. The highest BCUT2D eigenvalue weighted by Crippen LogP contribution is 2.26. The molecule has 16 heavy (non-hydrogen) atoms. The molecule has 0 spiro atoms. The highest BCUT2D eigenvalue weighted by Gasteiger charge is 2.31. The van der Waals surface area contributed by atoms with Gasteiger partial charge in [0.25, 0.3) is 0 Å². The topological polar surface area (TPSA) is 62.4 Å². The van der Waals surface area contributed by atoms with E-state index in [4.69, 9.17) is 5.73 Å². The first kappa shape index (κ1) is 11.4. The number of pyridine rings is 1. The van der Waals surface area contributed by atoms with Crippen LogP contribution < -0.4 is 10.6 Å². The molecule has 2 heterocycles. The van der Waals surface area contributed by atoms with Crippen LogP contribution in [0.5, 0.6) is 0 Å². The molecule has 0 amide bonds. The molecular weight excluding hydrogens is 202 g/mol. The SMILES string of the molecule is CC(N)c1ccnc(N2CCC(C)(O)C2)c1. The van der Waals surface area contributed by atoms with Gasteiger partial charge in [0.15, 0.2) is 0 Å². The van der Waals surface area contributed by atoms with Crippen molar-refractivity contribution in [1.29, 1.82) is 0 Å². The molecule has 3 N–H and O–H groups in total. The van der Waals surface area contributed by atoms with Crippen LogP contribution in [0.1, 0.15) is 31.9 Å². The monoisotopic (exact) mass is 221 g/mol. The lowest BCUT2D eigenvalue weighted by Crippen LogP contribution is -2.30. The molecule has 1 aliphatic rings. The fourth-order valence-corrected chi connectivity index (χ4v) is 2.03. The summed E-state index contributed by atoms with van der Waals surface area (Å²) in [5.74, 6) is 0.910. The molecule has 1 saturated heterocycles. The van der Waals surface area contributed by atoms with Gasteiger partial charge in [0.05, 0.1) is 5.60 Å². The van der Waals surface area contributed by atoms with Crippen molar-refractivity contribution >= 4 is 5.82 Å². The van der Waals surface area contributed by atoms with Crippen molar-refractivity contribution in [3.63, 3.8) is 0 Å². The Morgan fingerprint density at radius 3 is 2.94 bits per heavy atom. The molecule has 1 aromatic heterocycles. The molecule has 1 aromatic rings. The highest BCUT2D eigenvalue weighted by atomic mass is 16.3. The van der Waals surface area contributed by atoms with Crippen molar-refractivity contribution in [2.24, 2.45) is 5.73 Å². The van der Waals surface area contributed by atoms with Crippen LogP contribution >= 0.6 is 0 Å². The molecule has 0 aliphatic carbocycles. The lowest BCUT2D eigenvalue weighted by molar-refractivity contribution is 0.0839. The molecule has 0 radical (unpaired) electrons. The summed E-state index contributed by atoms with van der Waals surface area (Å²) in [5, 5.41) is 9.91. The second-order valence-corrected chi connectivity index (χ2v) is 4.90. The Bertz CT molecular complexity index is 376. The van der Waals surface area contributed by atoms with Gasteiger partial charge in [0, 0.05) is 25.3 Å². The van der Waals surface area contributed by atoms with E-state index in [2.05, 4.69) is 9.88 Å². The van der Waals surface area contributed by atoms with Gasteiger partial charge in [-0.1, -0.05) is 0 Å². The first-order chi connectivity index (χ1) is 7.48. The number of nitrogens with zero attached hydrogens (tertiary/aromatic N) is 2. The smallest absolute Gasteiger partial charge is 0.128 e. The predicted octanol–water partition coefficient (Wildman–Crippen LogP) is 1.06. The first-order valence-corrected chi connectivity index (χ1v) is 5.67. The van der Waals surface area contributed by atoms with Crippen LogP contribution in [0.2, 0.25) is 0 Å². The van der Waals surface area contributed by atoms with Gasteiger partial charge in [0.2, 0.25) is 0 Å². The maximum Gasteiger partial charge on any atom is 0.128 e. The summed E-state index contributed by atoms with van der Waals surface area (Å²) in [6.07, 6.45) is 2.57. The number of hydrogen-bond acceptors (Lipinski definition) is 4. The summed E-state index contributed by atoms with van der Waals surface area (Å²) in [7, 11) is 0. The molecule has 4 heteroatoms. The van der Waals surface area contributed by atoms with Crippen LogP contribution in [-0.4, -0.2) is 28.8 Å². The van der Waals surface area contributed by atoms with Gasteiger partial charge in [-0.2, -0.15) is 0 Å². The summed E-state index contributed by atoms with van der Waals surface area (Å²) in [5.41, 5.74) is 6.33. The molecule has 1 fully saturated rings. The zero-order valence-corrected chi connectivity index (χ0v) is 9.85. The van der Waals surface area contributed by atoms with Gasteiger partial charge < -0.3 is 15.7 Å². The Labute approximate surface area is 96.1 Å². The standard InChI is InChI=1S/C12H19N3O/c1-9(13)10-3-5-14-11(7-10)15-6-4-12(2,16)8-15/h3,5,7,9,16H,4,6,8,13H2,1-2H3. The second-order valence-electron chi connectivity index (χ2n) is 4.90. The van der Waals surface area contributed by atoms with Crippen molar-refractivity contribution in [3.8, 4) is 0 Å². The molecule has 0 bridgehead atoms. The number of nitrogens with two attached hydrogens (primary N) is 1. The van der Waals surface area contributed by atoms with Gasteiger partial charge in [-0.25, -0.2) is 4.98 Å². The Kier molecular flexibility index (Phi) is 2.86. The second kappa shape index (κ2) is 4.03. The summed E-state index contributed by atoms with van der Waals surface area (Å²) >= 11 is 0. The van der Waals surface area contributed by atoms with Gasteiger partial charge in [-0.15, -0.1) is 0 Å². The molecule has 2 unspecified atom stereocenters. The molecular formula is C12H19N3O. The third kappa shape index (κ3) is 2.33. The zero-order valence-electron chi connectivity index (χ0n) is 9.85. The molecule has 0 saturated carbocycles. The van der Waals surface area contributed by atoms with E-state index >= 15 is 0 Å². The molecule has 1 aliphatic heterocycles. The van der Waals surface area contributed by atoms with Crippen molar-refractivity contribution in [2.45, 2.75) is 31.9 Å². The van der Waals surface area contributed by atoms with Crippen LogP contribution in [0.3, 0.4) is 0 Å². The largest absolute Gasteiger partial charge is 0.388 e. The van der Waals surface area contributed by atoms with E-state index in [0.29, 0.717) is 6.54 Å². The molecule has 88 valence electrons. The van der Waals surface area contributed by atoms with Crippen LogP contribution in [-0.2, 0) is 0 Å². The third-order valence-corrected chi connectivity index (χ3v) is 3.07. The maximum absolute atomic E-state index is 9.91. The predicted molar refractivity (Wildman–Crippen MR) is 64.3 cm³/mol. The van der Waals surface area contributed by atoms with E-state index < -0.39 is 5.60 Å². The minimum atomic E-state index is -0.591. The molecule has 2 atom stereocenters. The highest BCUT2D eigenvalue weighted by molar-refractivity contribution is 5.43. The van der Waals surface area contributed by atoms with E-state index in [9.17, 15) is 5.11 Å². The van der Waals surface area contributed by atoms with Crippen molar-refractivity contribution in [3.05, 3.63) is 23.9 Å². The van der Waals surface area contributed by atoms with E-state index in [0.717, 1.165) is 24.3 Å². The summed E-state index contributed by atoms with van der Waals surface area (Å²) in [4.78, 5) is 6.43. The van der Waals surface area contributed by atoms with Crippen LogP contribution in [0.25, 0.3) is 0 Å². The van der Waals surface area contributed by atoms with Gasteiger partial charge in [-0.05, 0) is 38.0 Å². The molecule has 2 rings (SSSR count). The Morgan fingerprint density at radius 2 is 2.38 bits per heavy atom. The van der Waals surface area contributed by atoms with E-state index in [1.165, 1.54) is 0 Å². The van der Waals surface area contributed by atoms with Crippen molar-refractivity contribution in [2.75, 3.05) is 18.0 Å². The minimum absolute atomic E-state index is 0.0184. The van der Waals surface area contributed by atoms with Crippen LogP contribution in [0.15, 0.2) is 18.3 Å². The lowest BCUT2D eigenvalue weighted by atomic mass is 10.1. The number of β-amino-alcohol motifs (C(OH)–C–C–N with tert-alkyl or cyclic N) is 1. The number of aromatic nitrogens is 1. The average molecular weight is 221 g/mol. The lowest BCUT2D eigenvalue weighted by Gasteiger charge is -2.20.